The average molecular weight is 546 g/mol. The molecular formula is C33H47N5O2. The van der Waals surface area contributed by atoms with Gasteiger partial charge in [0.1, 0.15) is 5.82 Å². The molecule has 2 aliphatic heterocycles. The van der Waals surface area contributed by atoms with Gasteiger partial charge in [-0.3, -0.25) is 14.5 Å². The highest BCUT2D eigenvalue weighted by atomic mass is 16.2. The second-order valence-corrected chi connectivity index (χ2v) is 11.8. The second-order valence-electron chi connectivity index (χ2n) is 11.8. The number of fused-ring (bicyclic) bond motifs is 1. The number of hydrogen-bond acceptors (Lipinski definition) is 4. The topological polar surface area (TPSA) is 70.5 Å². The Morgan fingerprint density at radius 2 is 1.98 bits per heavy atom. The van der Waals surface area contributed by atoms with Crippen LogP contribution in [0, 0.1) is 19.3 Å². The monoisotopic (exact) mass is 545 g/mol. The van der Waals surface area contributed by atoms with Crippen LogP contribution in [0.25, 0.3) is 0 Å². The van der Waals surface area contributed by atoms with E-state index in [1.165, 1.54) is 18.5 Å². The van der Waals surface area contributed by atoms with Gasteiger partial charge in [-0.05, 0) is 64.9 Å². The molecule has 0 spiro atoms. The lowest BCUT2D eigenvalue weighted by atomic mass is 10.0. The number of hydrogen-bond donors (Lipinski definition) is 1. The van der Waals surface area contributed by atoms with Crippen LogP contribution < -0.4 is 5.32 Å². The van der Waals surface area contributed by atoms with Gasteiger partial charge in [-0.1, -0.05) is 30.3 Å². The Labute approximate surface area is 240 Å². The van der Waals surface area contributed by atoms with Gasteiger partial charge < -0.3 is 14.8 Å². The predicted octanol–water partition coefficient (Wildman–Crippen LogP) is 5.34. The summed E-state index contributed by atoms with van der Waals surface area (Å²) in [4.78, 5) is 34.3. The minimum atomic E-state index is 0.0120. The molecule has 4 unspecified atom stereocenters. The number of aromatic nitrogens is 2. The number of terminal acetylenes is 1. The number of rotatable bonds is 12. The standard InChI is InChI=1S/C33H47N5O2/c1-6-7-8-12-15-33(40)36-20-19-32-31(23-36)34-26(4)38(32)25(3)22-29-17-16-24(2)37(29)21-18-30(35-27(5)39)28-13-10-9-11-14-28/h1,9-11,13-14,24-25,29-30H,7-8,12,15-23H2,2-5H3,(H,35,39). The van der Waals surface area contributed by atoms with Crippen molar-refractivity contribution in [1.82, 2.24) is 24.7 Å². The predicted molar refractivity (Wildman–Crippen MR) is 160 cm³/mol. The molecule has 7 heteroatoms. The van der Waals surface area contributed by atoms with Gasteiger partial charge in [0, 0.05) is 63.1 Å². The first-order valence-electron chi connectivity index (χ1n) is 15.1. The molecule has 1 N–H and O–H groups in total. The number of aryl methyl sites for hydroxylation is 1. The highest BCUT2D eigenvalue weighted by Crippen LogP contribution is 2.33. The van der Waals surface area contributed by atoms with E-state index < -0.39 is 0 Å². The first kappa shape index (κ1) is 29.9. The van der Waals surface area contributed by atoms with E-state index in [0.29, 0.717) is 31.1 Å². The van der Waals surface area contributed by atoms with E-state index in [-0.39, 0.29) is 17.9 Å². The fourth-order valence-corrected chi connectivity index (χ4v) is 6.81. The molecule has 1 aromatic carbocycles. The number of nitrogens with zero attached hydrogens (tertiary/aromatic N) is 4. The summed E-state index contributed by atoms with van der Waals surface area (Å²) < 4.78 is 2.44. The molecule has 0 radical (unpaired) electrons. The Kier molecular flexibility index (Phi) is 10.4. The van der Waals surface area contributed by atoms with E-state index in [0.717, 1.165) is 68.7 Å². The van der Waals surface area contributed by atoms with Crippen molar-refractivity contribution < 1.29 is 9.59 Å². The summed E-state index contributed by atoms with van der Waals surface area (Å²) in [7, 11) is 0. The normalized spacial score (nSPS) is 20.5. The van der Waals surface area contributed by atoms with Crippen molar-refractivity contribution in [2.45, 2.75) is 116 Å². The summed E-state index contributed by atoms with van der Waals surface area (Å²) in [5, 5.41) is 3.17. The zero-order chi connectivity index (χ0) is 28.6. The highest BCUT2D eigenvalue weighted by molar-refractivity contribution is 5.76. The SMILES string of the molecule is C#CCCCCC(=O)N1CCc2c(nc(C)n2C(C)CC2CCC(C)N2CCC(NC(C)=O)c2ccccc2)C1. The zero-order valence-corrected chi connectivity index (χ0v) is 24.9. The number of unbranched alkanes of at least 4 members (excludes halogenated alkanes) is 2. The van der Waals surface area contributed by atoms with Crippen LogP contribution in [0.2, 0.25) is 0 Å². The van der Waals surface area contributed by atoms with E-state index in [1.807, 2.05) is 23.1 Å². The summed E-state index contributed by atoms with van der Waals surface area (Å²) >= 11 is 0. The number of imidazole rings is 1. The highest BCUT2D eigenvalue weighted by Gasteiger charge is 2.34. The summed E-state index contributed by atoms with van der Waals surface area (Å²) in [5.74, 6) is 3.93. The molecule has 1 aromatic heterocycles. The first-order valence-corrected chi connectivity index (χ1v) is 15.1. The van der Waals surface area contributed by atoms with Crippen LogP contribution in [0.3, 0.4) is 0 Å². The van der Waals surface area contributed by atoms with E-state index >= 15 is 0 Å². The zero-order valence-electron chi connectivity index (χ0n) is 24.9. The molecule has 1 saturated heterocycles. The summed E-state index contributed by atoms with van der Waals surface area (Å²) in [6, 6.07) is 11.7. The smallest absolute Gasteiger partial charge is 0.222 e. The lowest BCUT2D eigenvalue weighted by Crippen LogP contribution is -2.39. The molecular weight excluding hydrogens is 498 g/mol. The number of nitrogens with one attached hydrogen (secondary N) is 1. The lowest BCUT2D eigenvalue weighted by Gasteiger charge is -2.33. The number of carbonyl (C=O) groups is 2. The van der Waals surface area contributed by atoms with Crippen LogP contribution in [0.15, 0.2) is 30.3 Å². The van der Waals surface area contributed by atoms with Crippen LogP contribution >= 0.6 is 0 Å². The molecule has 3 heterocycles. The van der Waals surface area contributed by atoms with E-state index in [1.54, 1.807) is 6.92 Å². The molecule has 7 nitrogen and oxygen atoms in total. The van der Waals surface area contributed by atoms with Gasteiger partial charge in [-0.25, -0.2) is 4.98 Å². The Balaban J connectivity index is 1.38. The Morgan fingerprint density at radius 3 is 2.70 bits per heavy atom. The molecule has 2 aliphatic rings. The number of likely N-dealkylation sites (tertiary alicyclic amines) is 1. The van der Waals surface area contributed by atoms with Gasteiger partial charge in [-0.15, -0.1) is 12.3 Å². The molecule has 4 atom stereocenters. The summed E-state index contributed by atoms with van der Waals surface area (Å²) in [5.41, 5.74) is 3.52. The Hall–Kier alpha value is -3.11. The van der Waals surface area contributed by atoms with E-state index in [9.17, 15) is 9.59 Å². The quantitative estimate of drug-likeness (QED) is 0.289. The van der Waals surface area contributed by atoms with Crippen LogP contribution in [-0.4, -0.2) is 56.3 Å². The third-order valence-corrected chi connectivity index (χ3v) is 8.81. The van der Waals surface area contributed by atoms with Crippen molar-refractivity contribution >= 4 is 11.8 Å². The van der Waals surface area contributed by atoms with Crippen molar-refractivity contribution in [2.75, 3.05) is 13.1 Å². The molecule has 0 saturated carbocycles. The minimum Gasteiger partial charge on any atom is -0.349 e. The van der Waals surface area contributed by atoms with Crippen molar-refractivity contribution in [1.29, 1.82) is 0 Å². The maximum absolute atomic E-state index is 12.8. The van der Waals surface area contributed by atoms with Crippen LogP contribution in [0.5, 0.6) is 0 Å². The second kappa shape index (κ2) is 14.0. The van der Waals surface area contributed by atoms with Crippen molar-refractivity contribution in [3.63, 3.8) is 0 Å². The first-order chi connectivity index (χ1) is 19.3. The molecule has 40 heavy (non-hydrogen) atoms. The van der Waals surface area contributed by atoms with Crippen molar-refractivity contribution in [2.24, 2.45) is 0 Å². The minimum absolute atomic E-state index is 0.0120. The maximum atomic E-state index is 12.8. The van der Waals surface area contributed by atoms with Crippen LogP contribution in [0.1, 0.15) is 107 Å². The molecule has 1 fully saturated rings. The van der Waals surface area contributed by atoms with E-state index in [2.05, 4.69) is 53.6 Å². The molecule has 4 rings (SSSR count). The van der Waals surface area contributed by atoms with Gasteiger partial charge in [0.15, 0.2) is 0 Å². The molecule has 216 valence electrons. The van der Waals surface area contributed by atoms with Crippen molar-refractivity contribution in [3.05, 3.63) is 53.1 Å². The third-order valence-electron chi connectivity index (χ3n) is 8.81. The molecule has 0 aliphatic carbocycles. The molecule has 2 aromatic rings. The molecule has 2 amide bonds. The number of amides is 2. The summed E-state index contributed by atoms with van der Waals surface area (Å²) in [6.45, 7) is 10.7. The van der Waals surface area contributed by atoms with Gasteiger partial charge in [0.2, 0.25) is 11.8 Å². The largest absolute Gasteiger partial charge is 0.349 e. The lowest BCUT2D eigenvalue weighted by molar-refractivity contribution is -0.132. The molecule has 0 bridgehead atoms. The maximum Gasteiger partial charge on any atom is 0.222 e. The fraction of sp³-hybridized carbons (Fsp3) is 0.606. The van der Waals surface area contributed by atoms with E-state index in [4.69, 9.17) is 11.4 Å². The van der Waals surface area contributed by atoms with Crippen LogP contribution in [-0.2, 0) is 22.6 Å². The van der Waals surface area contributed by atoms with Gasteiger partial charge in [0.05, 0.1) is 18.3 Å². The van der Waals surface area contributed by atoms with Crippen LogP contribution in [0.4, 0.5) is 0 Å². The van der Waals surface area contributed by atoms with Gasteiger partial charge in [-0.2, -0.15) is 0 Å². The fourth-order valence-electron chi connectivity index (χ4n) is 6.81. The third kappa shape index (κ3) is 7.34. The number of carbonyl (C=O) groups excluding carboxylic acids is 2. The van der Waals surface area contributed by atoms with Gasteiger partial charge in [0.25, 0.3) is 0 Å². The Morgan fingerprint density at radius 1 is 1.20 bits per heavy atom. The van der Waals surface area contributed by atoms with Gasteiger partial charge >= 0.3 is 0 Å². The average Bonchev–Trinajstić information content (AvgIpc) is 3.46. The number of benzene rings is 1. The van der Waals surface area contributed by atoms with Crippen molar-refractivity contribution in [3.8, 4) is 12.3 Å². The Bertz CT molecular complexity index is 1180. The summed E-state index contributed by atoms with van der Waals surface area (Å²) in [6.07, 6.45) is 13.6.